The molecule has 0 radical (unpaired) electrons. The summed E-state index contributed by atoms with van der Waals surface area (Å²) in [4.78, 5) is 10.3. The molecule has 5 nitrogen and oxygen atoms in total. The molecule has 0 aromatic carbocycles. The number of nitrogens with one attached hydrogen (secondary N) is 1. The fraction of sp³-hybridized carbons (Fsp3) is 0.857. The maximum absolute atomic E-state index is 11.1. The number of rotatable bonds is 6. The predicted molar refractivity (Wildman–Crippen MR) is 51.0 cm³/mol. The monoisotopic (exact) mass is 208 g/mol. The minimum Gasteiger partial charge on any atom is -0.369 e. The molecule has 0 aliphatic rings. The molecule has 0 fully saturated rings. The quantitative estimate of drug-likeness (QED) is 0.579. The van der Waals surface area contributed by atoms with Crippen molar-refractivity contribution < 1.29 is 13.2 Å². The Labute approximate surface area is 78.6 Å². The lowest BCUT2D eigenvalue weighted by Crippen LogP contribution is -2.39. The Bertz CT molecular complexity index is 261. The van der Waals surface area contributed by atoms with Crippen LogP contribution >= 0.6 is 0 Å². The van der Waals surface area contributed by atoms with Crippen LogP contribution in [-0.4, -0.2) is 38.4 Å². The first-order valence-corrected chi connectivity index (χ1v) is 5.91. The topological polar surface area (TPSA) is 89.3 Å². The van der Waals surface area contributed by atoms with E-state index in [1.165, 1.54) is 0 Å². The van der Waals surface area contributed by atoms with Gasteiger partial charge >= 0.3 is 0 Å². The van der Waals surface area contributed by atoms with Gasteiger partial charge in [-0.05, 0) is 6.92 Å². The zero-order valence-corrected chi connectivity index (χ0v) is 8.73. The predicted octanol–water partition coefficient (Wildman–Crippen LogP) is -1.12. The number of amides is 1. The van der Waals surface area contributed by atoms with Crippen LogP contribution in [0.15, 0.2) is 0 Å². The molecule has 6 heteroatoms. The van der Waals surface area contributed by atoms with Crippen molar-refractivity contribution in [2.24, 2.45) is 5.73 Å². The third-order valence-electron chi connectivity index (χ3n) is 1.57. The molecule has 1 atom stereocenters. The fourth-order valence-corrected chi connectivity index (χ4v) is 1.95. The van der Waals surface area contributed by atoms with Crippen LogP contribution in [0.5, 0.6) is 0 Å². The lowest BCUT2D eigenvalue weighted by Gasteiger charge is -2.11. The molecule has 0 saturated heterocycles. The standard InChI is InChI=1S/C7H16N2O3S/c1-3-13(11,12)5-6(2)9-4-7(8)10/h6,9H,3-5H2,1-2H3,(H2,8,10). The van der Waals surface area contributed by atoms with Gasteiger partial charge in [-0.3, -0.25) is 4.79 Å². The third kappa shape index (κ3) is 6.53. The van der Waals surface area contributed by atoms with Gasteiger partial charge in [0.1, 0.15) is 0 Å². The van der Waals surface area contributed by atoms with Crippen LogP contribution in [0.25, 0.3) is 0 Å². The highest BCUT2D eigenvalue weighted by Crippen LogP contribution is 1.93. The van der Waals surface area contributed by atoms with Crippen LogP contribution in [-0.2, 0) is 14.6 Å². The molecule has 0 bridgehead atoms. The summed E-state index contributed by atoms with van der Waals surface area (Å²) in [7, 11) is -2.98. The zero-order valence-electron chi connectivity index (χ0n) is 7.91. The van der Waals surface area contributed by atoms with Gasteiger partial charge in [0, 0.05) is 11.8 Å². The van der Waals surface area contributed by atoms with E-state index in [4.69, 9.17) is 5.73 Å². The van der Waals surface area contributed by atoms with E-state index in [1.54, 1.807) is 13.8 Å². The first kappa shape index (κ1) is 12.4. The van der Waals surface area contributed by atoms with E-state index >= 15 is 0 Å². The van der Waals surface area contributed by atoms with Crippen molar-refractivity contribution in [3.05, 3.63) is 0 Å². The smallest absolute Gasteiger partial charge is 0.231 e. The Hall–Kier alpha value is -0.620. The van der Waals surface area contributed by atoms with Crippen LogP contribution in [0.3, 0.4) is 0 Å². The van der Waals surface area contributed by atoms with Gasteiger partial charge in [0.2, 0.25) is 5.91 Å². The van der Waals surface area contributed by atoms with Crippen LogP contribution in [0, 0.1) is 0 Å². The van der Waals surface area contributed by atoms with Gasteiger partial charge in [-0.2, -0.15) is 0 Å². The second kappa shape index (κ2) is 5.18. The average Bonchev–Trinajstić information content (AvgIpc) is 2.00. The molecule has 1 amide bonds. The van der Waals surface area contributed by atoms with E-state index in [0.717, 1.165) is 0 Å². The summed E-state index contributed by atoms with van der Waals surface area (Å²) in [6, 6.07) is -0.238. The lowest BCUT2D eigenvalue weighted by atomic mass is 10.4. The van der Waals surface area contributed by atoms with E-state index in [-0.39, 0.29) is 24.1 Å². The van der Waals surface area contributed by atoms with Crippen LogP contribution in [0.1, 0.15) is 13.8 Å². The molecule has 0 saturated carbocycles. The second-order valence-electron chi connectivity index (χ2n) is 2.95. The Balaban J connectivity index is 3.88. The SMILES string of the molecule is CCS(=O)(=O)CC(C)NCC(N)=O. The van der Waals surface area contributed by atoms with Gasteiger partial charge < -0.3 is 11.1 Å². The molecular formula is C7H16N2O3S. The minimum absolute atomic E-state index is 0.0143. The number of sulfone groups is 1. The number of hydrogen-bond donors (Lipinski definition) is 2. The number of primary amides is 1. The largest absolute Gasteiger partial charge is 0.369 e. The first-order valence-electron chi connectivity index (χ1n) is 4.09. The fourth-order valence-electron chi connectivity index (χ4n) is 0.833. The summed E-state index contributed by atoms with van der Waals surface area (Å²) < 4.78 is 22.2. The molecule has 0 aliphatic carbocycles. The van der Waals surface area contributed by atoms with Gasteiger partial charge in [0.05, 0.1) is 12.3 Å². The van der Waals surface area contributed by atoms with Gasteiger partial charge in [-0.15, -0.1) is 0 Å². The van der Waals surface area contributed by atoms with Gasteiger partial charge in [0.25, 0.3) is 0 Å². The lowest BCUT2D eigenvalue weighted by molar-refractivity contribution is -0.117. The molecule has 0 aromatic heterocycles. The van der Waals surface area contributed by atoms with E-state index in [1.807, 2.05) is 0 Å². The highest BCUT2D eigenvalue weighted by atomic mass is 32.2. The van der Waals surface area contributed by atoms with E-state index in [0.29, 0.717) is 0 Å². The molecular weight excluding hydrogens is 192 g/mol. The first-order chi connectivity index (χ1) is 5.87. The Kier molecular flexibility index (Phi) is 4.94. The number of hydrogen-bond acceptors (Lipinski definition) is 4. The molecule has 0 aromatic rings. The highest BCUT2D eigenvalue weighted by molar-refractivity contribution is 7.91. The molecule has 0 aliphatic heterocycles. The number of nitrogens with two attached hydrogens (primary N) is 1. The molecule has 13 heavy (non-hydrogen) atoms. The number of carbonyl (C=O) groups is 1. The molecule has 78 valence electrons. The second-order valence-corrected chi connectivity index (χ2v) is 5.34. The summed E-state index contributed by atoms with van der Waals surface area (Å²) in [5, 5.41) is 2.72. The van der Waals surface area contributed by atoms with Crippen molar-refractivity contribution in [3.63, 3.8) is 0 Å². The Morgan fingerprint density at radius 3 is 2.46 bits per heavy atom. The summed E-state index contributed by atoms with van der Waals surface area (Å²) in [5.74, 6) is -0.326. The third-order valence-corrected chi connectivity index (χ3v) is 3.46. The maximum atomic E-state index is 11.1. The van der Waals surface area contributed by atoms with E-state index < -0.39 is 15.7 Å². The van der Waals surface area contributed by atoms with Gasteiger partial charge in [-0.25, -0.2) is 8.42 Å². The molecule has 0 heterocycles. The molecule has 3 N–H and O–H groups in total. The Morgan fingerprint density at radius 1 is 1.54 bits per heavy atom. The van der Waals surface area contributed by atoms with Crippen LogP contribution in [0.4, 0.5) is 0 Å². The van der Waals surface area contributed by atoms with Crippen LogP contribution < -0.4 is 11.1 Å². The highest BCUT2D eigenvalue weighted by Gasteiger charge is 2.13. The van der Waals surface area contributed by atoms with Crippen molar-refractivity contribution in [2.75, 3.05) is 18.1 Å². The van der Waals surface area contributed by atoms with Crippen molar-refractivity contribution in [3.8, 4) is 0 Å². The molecule has 1 unspecified atom stereocenters. The number of carbonyl (C=O) groups excluding carboxylic acids is 1. The van der Waals surface area contributed by atoms with Crippen LogP contribution in [0.2, 0.25) is 0 Å². The van der Waals surface area contributed by atoms with E-state index in [9.17, 15) is 13.2 Å². The van der Waals surface area contributed by atoms with Crippen molar-refractivity contribution in [2.45, 2.75) is 19.9 Å². The van der Waals surface area contributed by atoms with Gasteiger partial charge in [-0.1, -0.05) is 6.92 Å². The average molecular weight is 208 g/mol. The summed E-state index contributed by atoms with van der Waals surface area (Å²) in [6.07, 6.45) is 0. The summed E-state index contributed by atoms with van der Waals surface area (Å²) in [6.45, 7) is 3.31. The maximum Gasteiger partial charge on any atom is 0.231 e. The van der Waals surface area contributed by atoms with Crippen molar-refractivity contribution in [1.29, 1.82) is 0 Å². The summed E-state index contributed by atoms with van der Waals surface area (Å²) in [5.41, 5.74) is 4.89. The normalized spacial score (nSPS) is 14.0. The van der Waals surface area contributed by atoms with Gasteiger partial charge in [0.15, 0.2) is 9.84 Å². The Morgan fingerprint density at radius 2 is 2.08 bits per heavy atom. The zero-order chi connectivity index (χ0) is 10.5. The van der Waals surface area contributed by atoms with Crippen molar-refractivity contribution >= 4 is 15.7 Å². The summed E-state index contributed by atoms with van der Waals surface area (Å²) >= 11 is 0. The molecule has 0 spiro atoms. The molecule has 0 rings (SSSR count). The van der Waals surface area contributed by atoms with E-state index in [2.05, 4.69) is 5.32 Å². The minimum atomic E-state index is -2.98. The van der Waals surface area contributed by atoms with Crippen molar-refractivity contribution in [1.82, 2.24) is 5.32 Å².